The van der Waals surface area contributed by atoms with Gasteiger partial charge in [-0.05, 0) is 59.4 Å². The maximum Gasteiger partial charge on any atom is 0.192 e. The summed E-state index contributed by atoms with van der Waals surface area (Å²) in [6, 6.07) is 15.2. The summed E-state index contributed by atoms with van der Waals surface area (Å²) in [5.41, 5.74) is 11.9. The van der Waals surface area contributed by atoms with Crippen molar-refractivity contribution in [2.75, 3.05) is 0 Å². The van der Waals surface area contributed by atoms with Gasteiger partial charge in [0.1, 0.15) is 0 Å². The molecule has 0 saturated carbocycles. The summed E-state index contributed by atoms with van der Waals surface area (Å²) < 4.78 is 6.36. The van der Waals surface area contributed by atoms with Gasteiger partial charge in [-0.15, -0.1) is 0 Å². The molecule has 0 aliphatic rings. The van der Waals surface area contributed by atoms with E-state index in [0.29, 0.717) is 13.2 Å². The van der Waals surface area contributed by atoms with Gasteiger partial charge in [0.2, 0.25) is 0 Å². The van der Waals surface area contributed by atoms with E-state index < -0.39 is 8.32 Å². The summed E-state index contributed by atoms with van der Waals surface area (Å²) >= 11 is 0. The molecular formula is C21H31NOSi. The fourth-order valence-corrected chi connectivity index (χ4v) is 3.43. The molecule has 0 aromatic heterocycles. The average molecular weight is 342 g/mol. The molecule has 0 aliphatic carbocycles. The Morgan fingerprint density at radius 3 is 2.25 bits per heavy atom. The van der Waals surface area contributed by atoms with Crippen molar-refractivity contribution >= 4 is 8.32 Å². The minimum atomic E-state index is -1.72. The second-order valence-electron chi connectivity index (χ2n) is 8.16. The summed E-state index contributed by atoms with van der Waals surface area (Å²) in [5, 5.41) is 0.233. The zero-order chi connectivity index (χ0) is 18.0. The number of hydrogen-bond donors (Lipinski definition) is 1. The van der Waals surface area contributed by atoms with Crippen molar-refractivity contribution in [3.63, 3.8) is 0 Å². The van der Waals surface area contributed by atoms with E-state index >= 15 is 0 Å². The van der Waals surface area contributed by atoms with Crippen LogP contribution in [-0.4, -0.2) is 8.32 Å². The second kappa shape index (κ2) is 7.22. The first kappa shape index (κ1) is 18.9. The molecule has 2 nitrogen and oxygen atoms in total. The number of benzene rings is 2. The molecule has 0 amide bonds. The first-order chi connectivity index (χ1) is 11.1. The Hall–Kier alpha value is -1.42. The lowest BCUT2D eigenvalue weighted by Gasteiger charge is -2.36. The zero-order valence-electron chi connectivity index (χ0n) is 15.9. The molecule has 0 fully saturated rings. The van der Waals surface area contributed by atoms with Gasteiger partial charge in [-0.1, -0.05) is 56.7 Å². The summed E-state index contributed by atoms with van der Waals surface area (Å²) in [6.45, 7) is 14.8. The van der Waals surface area contributed by atoms with Crippen LogP contribution in [0.3, 0.4) is 0 Å². The second-order valence-corrected chi connectivity index (χ2v) is 13.0. The third-order valence-corrected chi connectivity index (χ3v) is 9.52. The number of nitrogens with two attached hydrogens (primary N) is 1. The van der Waals surface area contributed by atoms with E-state index in [1.54, 1.807) is 0 Å². The van der Waals surface area contributed by atoms with Crippen LogP contribution in [0.5, 0.6) is 0 Å². The number of aryl methyl sites for hydroxylation is 1. The SMILES string of the molecule is Cc1cc(CN)cc(-c2cccc(CO[Si](C)(C)C(C)(C)C)c2)c1. The number of hydrogen-bond acceptors (Lipinski definition) is 2. The molecule has 2 aromatic rings. The van der Waals surface area contributed by atoms with Crippen LogP contribution in [0.15, 0.2) is 42.5 Å². The van der Waals surface area contributed by atoms with Crippen molar-refractivity contribution < 1.29 is 4.43 Å². The van der Waals surface area contributed by atoms with Crippen molar-refractivity contribution in [2.45, 2.75) is 59.0 Å². The fraction of sp³-hybridized carbons (Fsp3) is 0.429. The summed E-state index contributed by atoms with van der Waals surface area (Å²) in [5.74, 6) is 0. The van der Waals surface area contributed by atoms with E-state index in [1.807, 2.05) is 0 Å². The molecule has 0 radical (unpaired) electrons. The van der Waals surface area contributed by atoms with Crippen molar-refractivity contribution in [3.05, 3.63) is 59.2 Å². The van der Waals surface area contributed by atoms with Gasteiger partial charge in [0, 0.05) is 6.54 Å². The lowest BCUT2D eigenvalue weighted by Crippen LogP contribution is -2.40. The van der Waals surface area contributed by atoms with Crippen LogP contribution < -0.4 is 5.73 Å². The number of rotatable bonds is 5. The minimum Gasteiger partial charge on any atom is -0.413 e. The van der Waals surface area contributed by atoms with Crippen LogP contribution in [0.25, 0.3) is 11.1 Å². The van der Waals surface area contributed by atoms with Crippen LogP contribution in [0.1, 0.15) is 37.5 Å². The van der Waals surface area contributed by atoms with Crippen LogP contribution in [-0.2, 0) is 17.6 Å². The highest BCUT2D eigenvalue weighted by Crippen LogP contribution is 2.37. The first-order valence-electron chi connectivity index (χ1n) is 8.66. The third-order valence-electron chi connectivity index (χ3n) is 5.04. The molecule has 0 aliphatic heterocycles. The molecule has 0 unspecified atom stereocenters. The molecule has 2 N–H and O–H groups in total. The predicted molar refractivity (Wildman–Crippen MR) is 106 cm³/mol. The van der Waals surface area contributed by atoms with Gasteiger partial charge >= 0.3 is 0 Å². The lowest BCUT2D eigenvalue weighted by atomic mass is 9.99. The van der Waals surface area contributed by atoms with Gasteiger partial charge in [0.15, 0.2) is 8.32 Å². The Labute approximate surface area is 148 Å². The van der Waals surface area contributed by atoms with Crippen molar-refractivity contribution in [1.82, 2.24) is 0 Å². The maximum absolute atomic E-state index is 6.36. The smallest absolute Gasteiger partial charge is 0.192 e. The predicted octanol–water partition coefficient (Wildman–Crippen LogP) is 5.64. The van der Waals surface area contributed by atoms with Crippen molar-refractivity contribution in [3.8, 4) is 11.1 Å². The molecule has 3 heteroatoms. The molecule has 0 heterocycles. The molecule has 0 saturated heterocycles. The monoisotopic (exact) mass is 341 g/mol. The molecule has 130 valence electrons. The van der Waals surface area contributed by atoms with Gasteiger partial charge in [-0.25, -0.2) is 0 Å². The molecule has 0 spiro atoms. The van der Waals surface area contributed by atoms with Gasteiger partial charge in [-0.3, -0.25) is 0 Å². The van der Waals surface area contributed by atoms with Gasteiger partial charge in [-0.2, -0.15) is 0 Å². The van der Waals surface area contributed by atoms with Gasteiger partial charge in [0.05, 0.1) is 6.61 Å². The lowest BCUT2D eigenvalue weighted by molar-refractivity contribution is 0.276. The Morgan fingerprint density at radius 1 is 0.958 bits per heavy atom. The molecular weight excluding hydrogens is 310 g/mol. The highest BCUT2D eigenvalue weighted by molar-refractivity contribution is 6.74. The highest BCUT2D eigenvalue weighted by Gasteiger charge is 2.36. The Kier molecular flexibility index (Phi) is 5.69. The topological polar surface area (TPSA) is 35.2 Å². The van der Waals surface area contributed by atoms with Gasteiger partial charge in [0.25, 0.3) is 0 Å². The summed E-state index contributed by atoms with van der Waals surface area (Å²) in [7, 11) is -1.72. The molecule has 24 heavy (non-hydrogen) atoms. The van der Waals surface area contributed by atoms with E-state index in [2.05, 4.69) is 83.3 Å². The van der Waals surface area contributed by atoms with Crippen molar-refractivity contribution in [1.29, 1.82) is 0 Å². The van der Waals surface area contributed by atoms with Gasteiger partial charge < -0.3 is 10.2 Å². The van der Waals surface area contributed by atoms with E-state index in [-0.39, 0.29) is 5.04 Å². The molecule has 0 bridgehead atoms. The fourth-order valence-electron chi connectivity index (χ4n) is 2.47. The third kappa shape index (κ3) is 4.56. The van der Waals surface area contributed by atoms with E-state index in [9.17, 15) is 0 Å². The quantitative estimate of drug-likeness (QED) is 0.714. The minimum absolute atomic E-state index is 0.233. The van der Waals surface area contributed by atoms with E-state index in [4.69, 9.17) is 10.2 Å². The molecule has 2 aromatic carbocycles. The van der Waals surface area contributed by atoms with Crippen LogP contribution in [0.2, 0.25) is 18.1 Å². The van der Waals surface area contributed by atoms with E-state index in [0.717, 1.165) is 0 Å². The molecule has 2 rings (SSSR count). The van der Waals surface area contributed by atoms with Crippen LogP contribution in [0, 0.1) is 6.92 Å². The Bertz CT molecular complexity index is 701. The summed E-state index contributed by atoms with van der Waals surface area (Å²) in [6.07, 6.45) is 0. The Balaban J connectivity index is 2.22. The normalized spacial score (nSPS) is 12.5. The van der Waals surface area contributed by atoms with Crippen LogP contribution in [0.4, 0.5) is 0 Å². The average Bonchev–Trinajstić information content (AvgIpc) is 2.51. The standard InChI is InChI=1S/C21H31NOSi/c1-16-10-18(14-22)13-20(11-16)19-9-7-8-17(12-19)15-23-24(5,6)21(2,3)4/h7-13H,14-15,22H2,1-6H3. The highest BCUT2D eigenvalue weighted by atomic mass is 28.4. The maximum atomic E-state index is 6.36. The Morgan fingerprint density at radius 2 is 1.62 bits per heavy atom. The van der Waals surface area contributed by atoms with Crippen molar-refractivity contribution in [2.24, 2.45) is 5.73 Å². The van der Waals surface area contributed by atoms with Crippen LogP contribution >= 0.6 is 0 Å². The zero-order valence-corrected chi connectivity index (χ0v) is 16.9. The summed E-state index contributed by atoms with van der Waals surface area (Å²) in [4.78, 5) is 0. The largest absolute Gasteiger partial charge is 0.413 e. The molecule has 0 atom stereocenters. The first-order valence-corrected chi connectivity index (χ1v) is 11.6. The van der Waals surface area contributed by atoms with E-state index in [1.165, 1.54) is 27.8 Å².